The first-order valence-electron chi connectivity index (χ1n) is 7.35. The van der Waals surface area contributed by atoms with Crippen LogP contribution in [0.4, 0.5) is 5.69 Å². The zero-order valence-corrected chi connectivity index (χ0v) is 13.2. The van der Waals surface area contributed by atoms with Crippen LogP contribution in [0.5, 0.6) is 0 Å². The van der Waals surface area contributed by atoms with E-state index in [9.17, 15) is 4.79 Å². The van der Waals surface area contributed by atoms with Crippen LogP contribution in [0, 0.1) is 0 Å². The molecule has 0 unspecified atom stereocenters. The highest BCUT2D eigenvalue weighted by Gasteiger charge is 2.28. The number of hydrogen-bond donors (Lipinski definition) is 1. The first kappa shape index (κ1) is 14.3. The molecule has 1 aliphatic heterocycles. The van der Waals surface area contributed by atoms with E-state index in [0.717, 1.165) is 18.7 Å². The Labute approximate surface area is 129 Å². The number of benzene rings is 1. The summed E-state index contributed by atoms with van der Waals surface area (Å²) in [6.45, 7) is 4.85. The molecule has 1 aromatic heterocycles. The molecule has 1 aliphatic rings. The maximum atomic E-state index is 12.7. The molecule has 2 heterocycles. The fraction of sp³-hybridized carbons (Fsp3) is 0.353. The molecule has 2 aromatic rings. The van der Waals surface area contributed by atoms with Crippen molar-refractivity contribution in [3.8, 4) is 0 Å². The Morgan fingerprint density at radius 3 is 2.81 bits per heavy atom. The van der Waals surface area contributed by atoms with Crippen LogP contribution in [0.3, 0.4) is 0 Å². The molecule has 110 valence electrons. The molecule has 0 saturated heterocycles. The van der Waals surface area contributed by atoms with Crippen LogP contribution in [0.15, 0.2) is 41.8 Å². The fourth-order valence-electron chi connectivity index (χ4n) is 2.87. The Kier molecular flexibility index (Phi) is 4.08. The lowest BCUT2D eigenvalue weighted by Crippen LogP contribution is -2.45. The molecule has 1 aromatic carbocycles. The van der Waals surface area contributed by atoms with Crippen molar-refractivity contribution in [1.29, 1.82) is 0 Å². The maximum Gasteiger partial charge on any atom is 0.243 e. The maximum absolute atomic E-state index is 12.7. The van der Waals surface area contributed by atoms with E-state index in [4.69, 9.17) is 0 Å². The summed E-state index contributed by atoms with van der Waals surface area (Å²) in [4.78, 5) is 15.9. The average molecular weight is 300 g/mol. The van der Waals surface area contributed by atoms with Gasteiger partial charge in [-0.3, -0.25) is 10.1 Å². The number of rotatable bonds is 4. The first-order valence-corrected chi connectivity index (χ1v) is 8.23. The second-order valence-corrected chi connectivity index (χ2v) is 6.47. The van der Waals surface area contributed by atoms with Crippen LogP contribution in [0.2, 0.25) is 0 Å². The predicted molar refractivity (Wildman–Crippen MR) is 87.8 cm³/mol. The summed E-state index contributed by atoms with van der Waals surface area (Å²) in [5.41, 5.74) is 2.34. The van der Waals surface area contributed by atoms with Crippen molar-refractivity contribution in [3.63, 3.8) is 0 Å². The molecular formula is C17H20N2OS. The molecule has 0 aliphatic carbocycles. The minimum absolute atomic E-state index is 0.156. The summed E-state index contributed by atoms with van der Waals surface area (Å²) < 4.78 is 0. The molecule has 1 N–H and O–H groups in total. The van der Waals surface area contributed by atoms with Gasteiger partial charge in [0.05, 0.1) is 6.04 Å². The lowest BCUT2D eigenvalue weighted by Gasteiger charge is -2.24. The highest BCUT2D eigenvalue weighted by Crippen LogP contribution is 2.28. The molecule has 0 spiro atoms. The van der Waals surface area contributed by atoms with Crippen LogP contribution in [-0.2, 0) is 11.2 Å². The van der Waals surface area contributed by atoms with Crippen LogP contribution in [0.1, 0.15) is 30.3 Å². The Morgan fingerprint density at radius 2 is 2.05 bits per heavy atom. The average Bonchev–Trinajstić information content (AvgIpc) is 3.15. The number of para-hydroxylation sites is 1. The standard InChI is InChI=1S/C17H20N2OS/c1-12(16-8-5-11-21-16)18-13(2)17(20)19-10-9-14-6-3-4-7-15(14)19/h3-8,11-13,18H,9-10H2,1-2H3/t12-,13+/m0/s1. The molecule has 3 rings (SSSR count). The minimum Gasteiger partial charge on any atom is -0.310 e. The van der Waals surface area contributed by atoms with E-state index < -0.39 is 0 Å². The van der Waals surface area contributed by atoms with Crippen molar-refractivity contribution >= 4 is 22.9 Å². The molecule has 1 amide bonds. The van der Waals surface area contributed by atoms with Gasteiger partial charge in [-0.1, -0.05) is 24.3 Å². The molecule has 0 bridgehead atoms. The number of carbonyl (C=O) groups is 1. The lowest BCUT2D eigenvalue weighted by molar-refractivity contribution is -0.120. The van der Waals surface area contributed by atoms with Crippen LogP contribution in [-0.4, -0.2) is 18.5 Å². The van der Waals surface area contributed by atoms with Crippen LogP contribution < -0.4 is 10.2 Å². The molecule has 0 fully saturated rings. The molecule has 0 saturated carbocycles. The van der Waals surface area contributed by atoms with Crippen molar-refractivity contribution in [2.45, 2.75) is 32.4 Å². The number of nitrogens with one attached hydrogen (secondary N) is 1. The summed E-state index contributed by atoms with van der Waals surface area (Å²) in [7, 11) is 0. The van der Waals surface area contributed by atoms with Gasteiger partial charge in [0.15, 0.2) is 0 Å². The number of hydrogen-bond acceptors (Lipinski definition) is 3. The van der Waals surface area contributed by atoms with Crippen molar-refractivity contribution < 1.29 is 4.79 Å². The second-order valence-electron chi connectivity index (χ2n) is 5.49. The SMILES string of the molecule is C[C@H](N[C@H](C)C(=O)N1CCc2ccccc21)c1cccs1. The van der Waals surface area contributed by atoms with Gasteiger partial charge in [0.1, 0.15) is 0 Å². The molecule has 3 nitrogen and oxygen atoms in total. The summed E-state index contributed by atoms with van der Waals surface area (Å²) >= 11 is 1.72. The van der Waals surface area contributed by atoms with Crippen LogP contribution >= 0.6 is 11.3 Å². The molecular weight excluding hydrogens is 280 g/mol. The lowest BCUT2D eigenvalue weighted by atomic mass is 10.1. The van der Waals surface area contributed by atoms with E-state index in [1.807, 2.05) is 36.1 Å². The summed E-state index contributed by atoms with van der Waals surface area (Å²) in [6, 6.07) is 12.3. The van der Waals surface area contributed by atoms with E-state index in [0.29, 0.717) is 0 Å². The van der Waals surface area contributed by atoms with Gasteiger partial charge in [-0.25, -0.2) is 0 Å². The normalized spacial score (nSPS) is 16.6. The summed E-state index contributed by atoms with van der Waals surface area (Å²) in [5, 5.41) is 5.48. The fourth-order valence-corrected chi connectivity index (χ4v) is 3.61. The van der Waals surface area contributed by atoms with Crippen LogP contribution in [0.25, 0.3) is 0 Å². The Hall–Kier alpha value is -1.65. The van der Waals surface area contributed by atoms with Gasteiger partial charge < -0.3 is 4.90 Å². The Morgan fingerprint density at radius 1 is 1.24 bits per heavy atom. The quantitative estimate of drug-likeness (QED) is 0.939. The monoisotopic (exact) mass is 300 g/mol. The zero-order chi connectivity index (χ0) is 14.8. The van der Waals surface area contributed by atoms with E-state index >= 15 is 0 Å². The Balaban J connectivity index is 1.68. The van der Waals surface area contributed by atoms with Gasteiger partial charge in [0.25, 0.3) is 0 Å². The zero-order valence-electron chi connectivity index (χ0n) is 12.4. The first-order chi connectivity index (χ1) is 10.2. The molecule has 21 heavy (non-hydrogen) atoms. The Bertz CT molecular complexity index is 623. The number of fused-ring (bicyclic) bond motifs is 1. The highest BCUT2D eigenvalue weighted by atomic mass is 32.1. The number of thiophene rings is 1. The minimum atomic E-state index is -0.187. The molecule has 0 radical (unpaired) electrons. The highest BCUT2D eigenvalue weighted by molar-refractivity contribution is 7.10. The number of anilines is 1. The third-order valence-electron chi connectivity index (χ3n) is 3.99. The number of amides is 1. The summed E-state index contributed by atoms with van der Waals surface area (Å²) in [5.74, 6) is 0.156. The number of carbonyl (C=O) groups excluding carboxylic acids is 1. The van der Waals surface area contributed by atoms with Crippen molar-refractivity contribution in [1.82, 2.24) is 5.32 Å². The predicted octanol–water partition coefficient (Wildman–Crippen LogP) is 3.38. The third-order valence-corrected chi connectivity index (χ3v) is 5.05. The molecule has 2 atom stereocenters. The second kappa shape index (κ2) is 6.00. The van der Waals surface area contributed by atoms with Crippen molar-refractivity contribution in [3.05, 3.63) is 52.2 Å². The van der Waals surface area contributed by atoms with E-state index in [1.54, 1.807) is 11.3 Å². The largest absolute Gasteiger partial charge is 0.310 e. The molecule has 4 heteroatoms. The third kappa shape index (κ3) is 2.87. The van der Waals surface area contributed by atoms with Gasteiger partial charge in [0.2, 0.25) is 5.91 Å². The topological polar surface area (TPSA) is 32.3 Å². The van der Waals surface area contributed by atoms with Gasteiger partial charge in [-0.2, -0.15) is 0 Å². The van der Waals surface area contributed by atoms with Crippen molar-refractivity contribution in [2.75, 3.05) is 11.4 Å². The van der Waals surface area contributed by atoms with E-state index in [2.05, 4.69) is 29.8 Å². The smallest absolute Gasteiger partial charge is 0.243 e. The van der Waals surface area contributed by atoms with Crippen molar-refractivity contribution in [2.24, 2.45) is 0 Å². The van der Waals surface area contributed by atoms with E-state index in [-0.39, 0.29) is 18.0 Å². The van der Waals surface area contributed by atoms with Gasteiger partial charge in [-0.05, 0) is 43.3 Å². The van der Waals surface area contributed by atoms with Gasteiger partial charge in [-0.15, -0.1) is 11.3 Å². The van der Waals surface area contributed by atoms with E-state index in [1.165, 1.54) is 10.4 Å². The van der Waals surface area contributed by atoms with Gasteiger partial charge in [0, 0.05) is 23.2 Å². The summed E-state index contributed by atoms with van der Waals surface area (Å²) in [6.07, 6.45) is 0.953. The number of nitrogens with zero attached hydrogens (tertiary/aromatic N) is 1. The van der Waals surface area contributed by atoms with Gasteiger partial charge >= 0.3 is 0 Å².